The van der Waals surface area contributed by atoms with Crippen molar-refractivity contribution in [3.63, 3.8) is 0 Å². The number of amides is 2. The lowest BCUT2D eigenvalue weighted by molar-refractivity contribution is -0.131. The Balaban J connectivity index is 1.33. The molecule has 3 heterocycles. The zero-order chi connectivity index (χ0) is 17.5. The number of nitrogens with zero attached hydrogens (tertiary/aromatic N) is 3. The maximum atomic E-state index is 12.3. The minimum Gasteiger partial charge on any atom is -0.378 e. The molecular weight excluding hydrogens is 320 g/mol. The molecule has 0 bridgehead atoms. The van der Waals surface area contributed by atoms with Gasteiger partial charge < -0.3 is 19.9 Å². The summed E-state index contributed by atoms with van der Waals surface area (Å²) in [6.45, 7) is 4.10. The van der Waals surface area contributed by atoms with E-state index in [1.165, 1.54) is 0 Å². The second-order valence-corrected chi connectivity index (χ2v) is 6.49. The first-order valence-electron chi connectivity index (χ1n) is 9.04. The Labute approximate surface area is 148 Å². The number of piperazine rings is 1. The Morgan fingerprint density at radius 3 is 2.76 bits per heavy atom. The molecule has 0 spiro atoms. The second-order valence-electron chi connectivity index (χ2n) is 6.49. The summed E-state index contributed by atoms with van der Waals surface area (Å²) in [7, 11) is 0. The molecule has 0 aliphatic carbocycles. The number of carbonyl (C=O) groups is 2. The molecule has 2 amide bonds. The summed E-state index contributed by atoms with van der Waals surface area (Å²) < 4.78 is 5.45. The SMILES string of the molecule is O=C(C[C@H]1CCCO1)NCCC(=O)N1CCN(c2ccccn2)CC1. The first-order chi connectivity index (χ1) is 12.2. The number of aromatic nitrogens is 1. The monoisotopic (exact) mass is 346 g/mol. The van der Waals surface area contributed by atoms with Crippen LogP contribution in [0.15, 0.2) is 24.4 Å². The molecule has 1 N–H and O–H groups in total. The van der Waals surface area contributed by atoms with Crippen LogP contribution in [0.5, 0.6) is 0 Å². The largest absolute Gasteiger partial charge is 0.378 e. The van der Waals surface area contributed by atoms with E-state index in [0.29, 0.717) is 32.5 Å². The predicted molar refractivity (Wildman–Crippen MR) is 94.2 cm³/mol. The summed E-state index contributed by atoms with van der Waals surface area (Å²) in [5, 5.41) is 2.83. The van der Waals surface area contributed by atoms with Gasteiger partial charge >= 0.3 is 0 Å². The maximum absolute atomic E-state index is 12.3. The molecular formula is C18H26N4O3. The molecule has 25 heavy (non-hydrogen) atoms. The summed E-state index contributed by atoms with van der Waals surface area (Å²) in [5.74, 6) is 1.02. The van der Waals surface area contributed by atoms with Gasteiger partial charge in [0.2, 0.25) is 11.8 Å². The molecule has 2 aliphatic rings. The van der Waals surface area contributed by atoms with Gasteiger partial charge in [0.1, 0.15) is 5.82 Å². The number of nitrogens with one attached hydrogen (secondary N) is 1. The molecule has 1 aromatic heterocycles. The highest BCUT2D eigenvalue weighted by Crippen LogP contribution is 2.15. The molecule has 0 saturated carbocycles. The summed E-state index contributed by atoms with van der Waals surface area (Å²) in [6, 6.07) is 5.86. The van der Waals surface area contributed by atoms with Crippen molar-refractivity contribution < 1.29 is 14.3 Å². The van der Waals surface area contributed by atoms with E-state index < -0.39 is 0 Å². The van der Waals surface area contributed by atoms with Gasteiger partial charge in [-0.05, 0) is 25.0 Å². The van der Waals surface area contributed by atoms with Gasteiger partial charge in [-0.2, -0.15) is 0 Å². The Morgan fingerprint density at radius 1 is 1.24 bits per heavy atom. The first-order valence-corrected chi connectivity index (χ1v) is 9.04. The predicted octanol–water partition coefficient (Wildman–Crippen LogP) is 0.806. The van der Waals surface area contributed by atoms with E-state index in [1.807, 2.05) is 23.1 Å². The third-order valence-electron chi connectivity index (χ3n) is 4.70. The third-order valence-corrected chi connectivity index (χ3v) is 4.70. The van der Waals surface area contributed by atoms with E-state index in [2.05, 4.69) is 15.2 Å². The van der Waals surface area contributed by atoms with Crippen LogP contribution < -0.4 is 10.2 Å². The summed E-state index contributed by atoms with van der Waals surface area (Å²) in [6.07, 6.45) is 4.56. The summed E-state index contributed by atoms with van der Waals surface area (Å²) >= 11 is 0. The van der Waals surface area contributed by atoms with Crippen LogP contribution >= 0.6 is 0 Å². The van der Waals surface area contributed by atoms with Crippen molar-refractivity contribution in [1.29, 1.82) is 0 Å². The van der Waals surface area contributed by atoms with Crippen molar-refractivity contribution in [3.8, 4) is 0 Å². The van der Waals surface area contributed by atoms with Crippen molar-refractivity contribution in [1.82, 2.24) is 15.2 Å². The van der Waals surface area contributed by atoms with Crippen molar-refractivity contribution in [3.05, 3.63) is 24.4 Å². The molecule has 0 unspecified atom stereocenters. The molecule has 0 aromatic carbocycles. The van der Waals surface area contributed by atoms with Crippen LogP contribution in [0.2, 0.25) is 0 Å². The Kier molecular flexibility index (Phi) is 6.22. The molecule has 3 rings (SSSR count). The molecule has 7 nitrogen and oxygen atoms in total. The lowest BCUT2D eigenvalue weighted by Gasteiger charge is -2.35. The first kappa shape index (κ1) is 17.7. The minimum absolute atomic E-state index is 0.0281. The number of ether oxygens (including phenoxy) is 1. The lowest BCUT2D eigenvalue weighted by Crippen LogP contribution is -2.49. The van der Waals surface area contributed by atoms with Gasteiger partial charge in [0.25, 0.3) is 0 Å². The highest BCUT2D eigenvalue weighted by Gasteiger charge is 2.22. The van der Waals surface area contributed by atoms with Crippen LogP contribution in [0.4, 0.5) is 5.82 Å². The molecule has 1 atom stereocenters. The van der Waals surface area contributed by atoms with Gasteiger partial charge in [0.05, 0.1) is 12.5 Å². The zero-order valence-corrected chi connectivity index (χ0v) is 14.5. The van der Waals surface area contributed by atoms with Crippen molar-refractivity contribution in [2.24, 2.45) is 0 Å². The average molecular weight is 346 g/mol. The molecule has 7 heteroatoms. The van der Waals surface area contributed by atoms with Gasteiger partial charge in [-0.3, -0.25) is 9.59 Å². The molecule has 2 aliphatic heterocycles. The van der Waals surface area contributed by atoms with Gasteiger partial charge in [0, 0.05) is 51.9 Å². The smallest absolute Gasteiger partial charge is 0.224 e. The molecule has 2 fully saturated rings. The van der Waals surface area contributed by atoms with Crippen LogP contribution in [-0.4, -0.2) is 67.1 Å². The maximum Gasteiger partial charge on any atom is 0.224 e. The van der Waals surface area contributed by atoms with Gasteiger partial charge in [-0.25, -0.2) is 4.98 Å². The van der Waals surface area contributed by atoms with Crippen LogP contribution in [0.3, 0.4) is 0 Å². The fraction of sp³-hybridized carbons (Fsp3) is 0.611. The minimum atomic E-state index is -0.0281. The molecule has 136 valence electrons. The number of pyridine rings is 1. The van der Waals surface area contributed by atoms with E-state index in [1.54, 1.807) is 6.20 Å². The fourth-order valence-corrected chi connectivity index (χ4v) is 3.28. The van der Waals surface area contributed by atoms with Crippen molar-refractivity contribution >= 4 is 17.6 Å². The van der Waals surface area contributed by atoms with Gasteiger partial charge in [-0.15, -0.1) is 0 Å². The van der Waals surface area contributed by atoms with Crippen LogP contribution in [0.25, 0.3) is 0 Å². The third kappa shape index (κ3) is 5.16. The van der Waals surface area contributed by atoms with Gasteiger partial charge in [0.15, 0.2) is 0 Å². The number of carbonyl (C=O) groups excluding carboxylic acids is 2. The molecule has 0 radical (unpaired) electrons. The number of hydrogen-bond acceptors (Lipinski definition) is 5. The summed E-state index contributed by atoms with van der Waals surface area (Å²) in [4.78, 5) is 32.5. The van der Waals surface area contributed by atoms with E-state index >= 15 is 0 Å². The standard InChI is InChI=1S/C18H26N4O3/c23-17(14-15-4-3-13-25-15)20-8-6-18(24)22-11-9-21(10-12-22)16-5-1-2-7-19-16/h1-2,5,7,15H,3-4,6,8-14H2,(H,20,23)/t15-/m1/s1. The Hall–Kier alpha value is -2.15. The quantitative estimate of drug-likeness (QED) is 0.825. The second kappa shape index (κ2) is 8.80. The summed E-state index contributed by atoms with van der Waals surface area (Å²) in [5.41, 5.74) is 0. The van der Waals surface area contributed by atoms with Crippen LogP contribution in [0, 0.1) is 0 Å². The highest BCUT2D eigenvalue weighted by atomic mass is 16.5. The topological polar surface area (TPSA) is 74.8 Å². The number of hydrogen-bond donors (Lipinski definition) is 1. The Morgan fingerprint density at radius 2 is 2.08 bits per heavy atom. The van der Waals surface area contributed by atoms with Crippen molar-refractivity contribution in [2.45, 2.75) is 31.8 Å². The number of anilines is 1. The highest BCUT2D eigenvalue weighted by molar-refractivity contribution is 5.79. The molecule has 2 saturated heterocycles. The normalized spacial score (nSPS) is 20.6. The van der Waals surface area contributed by atoms with E-state index in [9.17, 15) is 9.59 Å². The van der Waals surface area contributed by atoms with E-state index in [4.69, 9.17) is 4.74 Å². The van der Waals surface area contributed by atoms with Crippen LogP contribution in [-0.2, 0) is 14.3 Å². The average Bonchev–Trinajstić information content (AvgIpc) is 3.15. The van der Waals surface area contributed by atoms with E-state index in [-0.39, 0.29) is 17.9 Å². The van der Waals surface area contributed by atoms with Crippen LogP contribution in [0.1, 0.15) is 25.7 Å². The zero-order valence-electron chi connectivity index (χ0n) is 14.5. The fourth-order valence-electron chi connectivity index (χ4n) is 3.28. The molecule has 1 aromatic rings. The Bertz CT molecular complexity index is 567. The van der Waals surface area contributed by atoms with Gasteiger partial charge in [-0.1, -0.05) is 6.07 Å². The van der Waals surface area contributed by atoms with E-state index in [0.717, 1.165) is 38.4 Å². The lowest BCUT2D eigenvalue weighted by atomic mass is 10.2. The number of rotatable bonds is 6. The van der Waals surface area contributed by atoms with Crippen molar-refractivity contribution in [2.75, 3.05) is 44.2 Å².